The van der Waals surface area contributed by atoms with Gasteiger partial charge in [0.1, 0.15) is 5.82 Å². The number of aromatic nitrogens is 6. The van der Waals surface area contributed by atoms with Crippen molar-refractivity contribution >= 4 is 16.9 Å². The number of imidazole rings is 1. The zero-order chi connectivity index (χ0) is 20.5. The molecule has 1 fully saturated rings. The van der Waals surface area contributed by atoms with Gasteiger partial charge in [-0.2, -0.15) is 4.68 Å². The van der Waals surface area contributed by atoms with Gasteiger partial charge in [-0.25, -0.2) is 4.98 Å². The topological polar surface area (TPSA) is 92.6 Å². The molecule has 0 radical (unpaired) electrons. The van der Waals surface area contributed by atoms with Crippen LogP contribution in [0, 0.1) is 6.92 Å². The average molecular weight is 401 g/mol. The first-order valence-corrected chi connectivity index (χ1v) is 10.3. The van der Waals surface area contributed by atoms with E-state index in [-0.39, 0.29) is 11.9 Å². The molecule has 1 amide bonds. The lowest BCUT2D eigenvalue weighted by Gasteiger charge is -2.34. The van der Waals surface area contributed by atoms with Gasteiger partial charge < -0.3 is 9.88 Å². The number of amides is 1. The van der Waals surface area contributed by atoms with Crippen molar-refractivity contribution in [2.24, 2.45) is 0 Å². The van der Waals surface area contributed by atoms with Crippen molar-refractivity contribution in [3.05, 3.63) is 65.7 Å². The van der Waals surface area contributed by atoms with Crippen LogP contribution in [-0.4, -0.2) is 47.5 Å². The second-order valence-corrected chi connectivity index (χ2v) is 7.72. The molecule has 0 bridgehead atoms. The molecule has 1 saturated heterocycles. The molecule has 1 N–H and O–H groups in total. The van der Waals surface area contributed by atoms with E-state index in [1.165, 1.54) is 0 Å². The van der Waals surface area contributed by atoms with Crippen molar-refractivity contribution in [3.8, 4) is 5.69 Å². The number of hydrogen-bond acceptors (Lipinski definition) is 5. The Morgan fingerprint density at radius 1 is 1.13 bits per heavy atom. The van der Waals surface area contributed by atoms with E-state index in [0.717, 1.165) is 59.7 Å². The fourth-order valence-electron chi connectivity index (χ4n) is 4.15. The average Bonchev–Trinajstić information content (AvgIpc) is 3.40. The fourth-order valence-corrected chi connectivity index (χ4v) is 4.15. The minimum atomic E-state index is 0.00166. The Hall–Kier alpha value is -3.55. The molecule has 8 nitrogen and oxygen atoms in total. The summed E-state index contributed by atoms with van der Waals surface area (Å²) < 4.78 is 1.67. The molecular weight excluding hydrogens is 378 g/mol. The van der Waals surface area contributed by atoms with Crippen LogP contribution in [0.2, 0.25) is 0 Å². The van der Waals surface area contributed by atoms with Crippen LogP contribution in [0.3, 0.4) is 0 Å². The lowest BCUT2D eigenvalue weighted by atomic mass is 10.00. The second-order valence-electron chi connectivity index (χ2n) is 7.72. The number of rotatable bonds is 4. The van der Waals surface area contributed by atoms with Gasteiger partial charge in [-0.05, 0) is 66.4 Å². The Morgan fingerprint density at radius 3 is 2.73 bits per heavy atom. The SMILES string of the molecule is Cc1nnnn1-c1ccc(CC(=O)N2CCCC[C@@H]2c2nc3ccccc3[nH]2)cc1. The standard InChI is InChI=1S/C22H23N7O/c1-15-25-26-27-29(15)17-11-9-16(10-12-17)14-21(30)28-13-5-4-8-20(28)22-23-18-6-2-3-7-19(18)24-22/h2-3,6-7,9-12,20H,4-5,8,13-14H2,1H3,(H,23,24)/t20-/m1/s1. The highest BCUT2D eigenvalue weighted by Gasteiger charge is 2.30. The molecule has 2 aromatic carbocycles. The van der Waals surface area contributed by atoms with Crippen LogP contribution in [0.4, 0.5) is 0 Å². The third-order valence-electron chi connectivity index (χ3n) is 5.71. The monoisotopic (exact) mass is 401 g/mol. The van der Waals surface area contributed by atoms with Crippen molar-refractivity contribution in [1.82, 2.24) is 35.1 Å². The lowest BCUT2D eigenvalue weighted by molar-refractivity contribution is -0.134. The van der Waals surface area contributed by atoms with Crippen molar-refractivity contribution in [1.29, 1.82) is 0 Å². The lowest BCUT2D eigenvalue weighted by Crippen LogP contribution is -2.39. The van der Waals surface area contributed by atoms with Crippen LogP contribution in [0.25, 0.3) is 16.7 Å². The Morgan fingerprint density at radius 2 is 1.97 bits per heavy atom. The number of carbonyl (C=O) groups is 1. The smallest absolute Gasteiger partial charge is 0.227 e. The van der Waals surface area contributed by atoms with Crippen LogP contribution < -0.4 is 0 Å². The first kappa shape index (κ1) is 18.5. The Labute approximate surface area is 173 Å². The molecular formula is C22H23N7O. The van der Waals surface area contributed by atoms with Crippen LogP contribution >= 0.6 is 0 Å². The van der Waals surface area contributed by atoms with Gasteiger partial charge in [0.15, 0.2) is 5.82 Å². The van der Waals surface area contributed by atoms with E-state index in [1.807, 2.05) is 60.4 Å². The summed E-state index contributed by atoms with van der Waals surface area (Å²) in [6, 6.07) is 15.8. The van der Waals surface area contributed by atoms with Crippen LogP contribution in [0.5, 0.6) is 0 Å². The molecule has 1 atom stereocenters. The first-order valence-electron chi connectivity index (χ1n) is 10.3. The summed E-state index contributed by atoms with van der Waals surface area (Å²) in [5.41, 5.74) is 3.81. The highest BCUT2D eigenvalue weighted by Crippen LogP contribution is 2.31. The van der Waals surface area contributed by atoms with E-state index in [1.54, 1.807) is 4.68 Å². The van der Waals surface area contributed by atoms with E-state index in [4.69, 9.17) is 4.98 Å². The molecule has 0 saturated carbocycles. The van der Waals surface area contributed by atoms with E-state index in [2.05, 4.69) is 20.5 Å². The predicted octanol–water partition coefficient (Wildman–Crippen LogP) is 3.14. The minimum Gasteiger partial charge on any atom is -0.340 e. The largest absolute Gasteiger partial charge is 0.340 e. The van der Waals surface area contributed by atoms with Crippen LogP contribution in [-0.2, 0) is 11.2 Å². The summed E-state index contributed by atoms with van der Waals surface area (Å²) in [5, 5.41) is 11.6. The number of H-pyrrole nitrogens is 1. The molecule has 0 unspecified atom stereocenters. The molecule has 1 aliphatic heterocycles. The van der Waals surface area contributed by atoms with E-state index < -0.39 is 0 Å². The van der Waals surface area contributed by atoms with Crippen molar-refractivity contribution in [2.75, 3.05) is 6.54 Å². The maximum Gasteiger partial charge on any atom is 0.227 e. The Kier molecular flexibility index (Phi) is 4.74. The predicted molar refractivity (Wildman–Crippen MR) is 112 cm³/mol. The zero-order valence-corrected chi connectivity index (χ0v) is 16.8. The molecule has 2 aromatic heterocycles. The van der Waals surface area contributed by atoms with Gasteiger partial charge in [-0.15, -0.1) is 5.10 Å². The highest BCUT2D eigenvalue weighted by atomic mass is 16.2. The maximum atomic E-state index is 13.2. The molecule has 3 heterocycles. The number of carbonyl (C=O) groups excluding carboxylic acids is 1. The zero-order valence-electron chi connectivity index (χ0n) is 16.8. The van der Waals surface area contributed by atoms with E-state index in [0.29, 0.717) is 6.42 Å². The number of likely N-dealkylation sites (tertiary alicyclic amines) is 1. The number of nitrogens with one attached hydrogen (secondary N) is 1. The summed E-state index contributed by atoms with van der Waals surface area (Å²) in [7, 11) is 0. The first-order chi connectivity index (χ1) is 14.7. The summed E-state index contributed by atoms with van der Waals surface area (Å²) >= 11 is 0. The number of para-hydroxylation sites is 2. The second kappa shape index (κ2) is 7.70. The normalized spacial score (nSPS) is 16.8. The molecule has 30 heavy (non-hydrogen) atoms. The number of aryl methyl sites for hydroxylation is 1. The number of benzene rings is 2. The summed E-state index contributed by atoms with van der Waals surface area (Å²) in [4.78, 5) is 23.3. The van der Waals surface area contributed by atoms with Crippen molar-refractivity contribution in [2.45, 2.75) is 38.6 Å². The van der Waals surface area contributed by atoms with Gasteiger partial charge in [-0.3, -0.25) is 4.79 Å². The summed E-state index contributed by atoms with van der Waals surface area (Å²) in [6.07, 6.45) is 3.43. The number of nitrogens with zero attached hydrogens (tertiary/aromatic N) is 6. The third kappa shape index (κ3) is 3.45. The fraction of sp³-hybridized carbons (Fsp3) is 0.318. The molecule has 1 aliphatic rings. The Bertz CT molecular complexity index is 1140. The molecule has 0 spiro atoms. The maximum absolute atomic E-state index is 13.2. The van der Waals surface area contributed by atoms with Gasteiger partial charge in [0.05, 0.1) is 29.2 Å². The molecule has 0 aliphatic carbocycles. The van der Waals surface area contributed by atoms with Gasteiger partial charge in [-0.1, -0.05) is 24.3 Å². The number of tetrazole rings is 1. The number of piperidine rings is 1. The molecule has 8 heteroatoms. The van der Waals surface area contributed by atoms with Crippen molar-refractivity contribution in [3.63, 3.8) is 0 Å². The molecule has 152 valence electrons. The van der Waals surface area contributed by atoms with Gasteiger partial charge in [0.2, 0.25) is 5.91 Å². The number of aromatic amines is 1. The third-order valence-corrected chi connectivity index (χ3v) is 5.71. The summed E-state index contributed by atoms with van der Waals surface area (Å²) in [5.74, 6) is 1.74. The van der Waals surface area contributed by atoms with E-state index in [9.17, 15) is 4.79 Å². The summed E-state index contributed by atoms with van der Waals surface area (Å²) in [6.45, 7) is 2.62. The molecule has 4 aromatic rings. The number of fused-ring (bicyclic) bond motifs is 1. The molecule has 5 rings (SSSR count). The van der Waals surface area contributed by atoms with Crippen LogP contribution in [0.15, 0.2) is 48.5 Å². The quantitative estimate of drug-likeness (QED) is 0.567. The highest BCUT2D eigenvalue weighted by molar-refractivity contribution is 5.80. The van der Waals surface area contributed by atoms with Gasteiger partial charge in [0, 0.05) is 6.54 Å². The van der Waals surface area contributed by atoms with Crippen molar-refractivity contribution < 1.29 is 4.79 Å². The van der Waals surface area contributed by atoms with Gasteiger partial charge >= 0.3 is 0 Å². The minimum absolute atomic E-state index is 0.00166. The Balaban J connectivity index is 1.34. The van der Waals surface area contributed by atoms with E-state index >= 15 is 0 Å². The number of hydrogen-bond donors (Lipinski definition) is 1. The van der Waals surface area contributed by atoms with Crippen LogP contribution in [0.1, 0.15) is 42.5 Å². The van der Waals surface area contributed by atoms with Gasteiger partial charge in [0.25, 0.3) is 0 Å².